The Balaban J connectivity index is 1.68. The van der Waals surface area contributed by atoms with E-state index in [9.17, 15) is 0 Å². The average molecular weight is 601 g/mol. The molecule has 5 rings (SSSR count). The topological polar surface area (TPSA) is 3.24 Å². The molecular weight excluding hydrogens is 573 g/mol. The number of halogens is 3. The zero-order valence-corrected chi connectivity index (χ0v) is 24.6. The van der Waals surface area contributed by atoms with Crippen LogP contribution >= 0.6 is 39.1 Å². The summed E-state index contributed by atoms with van der Waals surface area (Å²) < 4.78 is 0.753. The molecule has 1 nitrogen and oxygen atoms in total. The van der Waals surface area contributed by atoms with Gasteiger partial charge in [0.15, 0.2) is 0 Å². The lowest BCUT2D eigenvalue weighted by atomic mass is 9.87. The fourth-order valence-electron chi connectivity index (χ4n) is 4.66. The minimum absolute atomic E-state index is 0.0567. The van der Waals surface area contributed by atoms with Gasteiger partial charge in [-0.15, -0.1) is 0 Å². The van der Waals surface area contributed by atoms with E-state index in [0.29, 0.717) is 10.0 Å². The van der Waals surface area contributed by atoms with E-state index in [2.05, 4.69) is 139 Å². The molecule has 0 saturated heterocycles. The van der Waals surface area contributed by atoms with Gasteiger partial charge in [0.05, 0.1) is 10.7 Å². The zero-order chi connectivity index (χ0) is 26.9. The number of nitrogens with zero attached hydrogens (tertiary/aromatic N) is 1. The van der Waals surface area contributed by atoms with Crippen molar-refractivity contribution in [3.8, 4) is 22.3 Å². The Morgan fingerprint density at radius 1 is 0.605 bits per heavy atom. The third kappa shape index (κ3) is 5.54. The number of anilines is 3. The second-order valence-corrected chi connectivity index (χ2v) is 12.0. The van der Waals surface area contributed by atoms with Crippen LogP contribution in [0.5, 0.6) is 0 Å². The molecule has 0 saturated carbocycles. The Bertz CT molecular complexity index is 1570. The van der Waals surface area contributed by atoms with Crippen LogP contribution in [0.1, 0.15) is 26.3 Å². The normalized spacial score (nSPS) is 11.4. The maximum atomic E-state index is 6.88. The molecule has 0 amide bonds. The van der Waals surface area contributed by atoms with Crippen LogP contribution in [0.15, 0.2) is 120 Å². The highest BCUT2D eigenvalue weighted by Gasteiger charge is 2.20. The summed E-state index contributed by atoms with van der Waals surface area (Å²) in [4.78, 5) is 2.17. The van der Waals surface area contributed by atoms with Gasteiger partial charge in [0, 0.05) is 20.9 Å². The van der Waals surface area contributed by atoms with E-state index in [1.54, 1.807) is 0 Å². The van der Waals surface area contributed by atoms with Gasteiger partial charge < -0.3 is 4.90 Å². The lowest BCUT2D eigenvalue weighted by Gasteiger charge is -2.28. The van der Waals surface area contributed by atoms with Crippen LogP contribution < -0.4 is 4.90 Å². The second-order valence-electron chi connectivity index (χ2n) is 10.3. The molecule has 5 aromatic rings. The van der Waals surface area contributed by atoms with Gasteiger partial charge in [-0.1, -0.05) is 123 Å². The van der Waals surface area contributed by atoms with E-state index in [1.807, 2.05) is 18.2 Å². The molecule has 0 fully saturated rings. The molecule has 0 aliphatic carbocycles. The predicted octanol–water partition coefficient (Wildman–Crippen LogP) is 11.9. The van der Waals surface area contributed by atoms with E-state index >= 15 is 0 Å². The summed E-state index contributed by atoms with van der Waals surface area (Å²) in [7, 11) is 0. The maximum Gasteiger partial charge on any atom is 0.0789 e. The highest BCUT2D eigenvalue weighted by Crippen LogP contribution is 2.45. The van der Waals surface area contributed by atoms with Gasteiger partial charge in [-0.2, -0.15) is 0 Å². The fourth-order valence-corrected chi connectivity index (χ4v) is 5.65. The monoisotopic (exact) mass is 599 g/mol. The molecule has 0 aliphatic heterocycles. The van der Waals surface area contributed by atoms with E-state index in [4.69, 9.17) is 23.2 Å². The minimum atomic E-state index is 0.0567. The first-order chi connectivity index (χ1) is 18.2. The number of hydrogen-bond acceptors (Lipinski definition) is 1. The van der Waals surface area contributed by atoms with Crippen LogP contribution in [0.2, 0.25) is 10.0 Å². The van der Waals surface area contributed by atoms with Crippen molar-refractivity contribution in [2.75, 3.05) is 4.90 Å². The molecule has 4 heteroatoms. The Morgan fingerprint density at radius 3 is 1.87 bits per heavy atom. The molecule has 0 aromatic heterocycles. The van der Waals surface area contributed by atoms with Gasteiger partial charge >= 0.3 is 0 Å². The van der Waals surface area contributed by atoms with Crippen molar-refractivity contribution in [1.29, 1.82) is 0 Å². The predicted molar refractivity (Wildman–Crippen MR) is 168 cm³/mol. The Labute approximate surface area is 243 Å². The Morgan fingerprint density at radius 2 is 1.21 bits per heavy atom. The molecule has 190 valence electrons. The van der Waals surface area contributed by atoms with Crippen LogP contribution in [-0.4, -0.2) is 0 Å². The quantitative estimate of drug-likeness (QED) is 0.181. The number of rotatable bonds is 5. The van der Waals surface area contributed by atoms with Crippen LogP contribution in [-0.2, 0) is 5.41 Å². The van der Waals surface area contributed by atoms with Crippen molar-refractivity contribution < 1.29 is 0 Å². The lowest BCUT2D eigenvalue weighted by molar-refractivity contribution is 0.590. The molecular formula is C34H28BrCl2N. The highest BCUT2D eigenvalue weighted by molar-refractivity contribution is 9.10. The van der Waals surface area contributed by atoms with Gasteiger partial charge in [-0.05, 0) is 85.6 Å². The van der Waals surface area contributed by atoms with Gasteiger partial charge in [0.1, 0.15) is 0 Å². The van der Waals surface area contributed by atoms with E-state index < -0.39 is 0 Å². The third-order valence-electron chi connectivity index (χ3n) is 6.63. The summed E-state index contributed by atoms with van der Waals surface area (Å²) in [5, 5.41) is 1.21. The van der Waals surface area contributed by atoms with Crippen molar-refractivity contribution in [2.45, 2.75) is 26.2 Å². The summed E-state index contributed by atoms with van der Waals surface area (Å²) in [5.74, 6) is 0. The van der Waals surface area contributed by atoms with Crippen LogP contribution in [0.25, 0.3) is 22.3 Å². The average Bonchev–Trinajstić information content (AvgIpc) is 2.92. The largest absolute Gasteiger partial charge is 0.309 e. The molecule has 0 spiro atoms. The fraction of sp³-hybridized carbons (Fsp3) is 0.118. The van der Waals surface area contributed by atoms with Crippen molar-refractivity contribution in [3.63, 3.8) is 0 Å². The molecule has 0 aliphatic rings. The van der Waals surface area contributed by atoms with Crippen LogP contribution in [0.4, 0.5) is 17.1 Å². The minimum Gasteiger partial charge on any atom is -0.309 e. The smallest absolute Gasteiger partial charge is 0.0789 e. The summed E-state index contributed by atoms with van der Waals surface area (Å²) in [6.45, 7) is 6.66. The first kappa shape index (κ1) is 26.6. The van der Waals surface area contributed by atoms with Gasteiger partial charge in [0.2, 0.25) is 0 Å². The van der Waals surface area contributed by atoms with Crippen LogP contribution in [0, 0.1) is 0 Å². The first-order valence-electron chi connectivity index (χ1n) is 12.5. The summed E-state index contributed by atoms with van der Waals surface area (Å²) >= 11 is 17.0. The molecule has 0 N–H and O–H groups in total. The van der Waals surface area contributed by atoms with Gasteiger partial charge in [-0.25, -0.2) is 0 Å². The summed E-state index contributed by atoms with van der Waals surface area (Å²) in [5.41, 5.74) is 8.79. The zero-order valence-electron chi connectivity index (χ0n) is 21.6. The number of benzene rings is 5. The van der Waals surface area contributed by atoms with E-state index in [-0.39, 0.29) is 5.41 Å². The van der Waals surface area contributed by atoms with Gasteiger partial charge in [0.25, 0.3) is 0 Å². The first-order valence-corrected chi connectivity index (χ1v) is 14.1. The SMILES string of the molecule is CC(C)(C)c1ccc(N(c2cccc(-c3ccccc3-c3ccccc3)c2)c2cc(Cl)cc(Br)c2Cl)cc1. The van der Waals surface area contributed by atoms with E-state index in [1.165, 1.54) is 22.3 Å². The van der Waals surface area contributed by atoms with Gasteiger partial charge in [-0.3, -0.25) is 0 Å². The van der Waals surface area contributed by atoms with Crippen LogP contribution in [0.3, 0.4) is 0 Å². The molecule has 5 aromatic carbocycles. The molecule has 0 unspecified atom stereocenters. The third-order valence-corrected chi connectivity index (χ3v) is 8.10. The highest BCUT2D eigenvalue weighted by atomic mass is 79.9. The molecule has 0 atom stereocenters. The molecule has 0 bridgehead atoms. The Hall–Kier alpha value is -3.04. The molecule has 0 heterocycles. The van der Waals surface area contributed by atoms with Crippen molar-refractivity contribution in [3.05, 3.63) is 135 Å². The summed E-state index contributed by atoms with van der Waals surface area (Å²) in [6.07, 6.45) is 0. The van der Waals surface area contributed by atoms with Crippen molar-refractivity contribution in [1.82, 2.24) is 0 Å². The van der Waals surface area contributed by atoms with E-state index in [0.717, 1.165) is 27.1 Å². The second kappa shape index (κ2) is 11.0. The molecule has 0 radical (unpaired) electrons. The molecule has 38 heavy (non-hydrogen) atoms. The standard InChI is InChI=1S/C34H28BrCl2N/c1-34(2,3)25-16-18-27(19-17-25)38(32-22-26(36)21-31(35)33(32)37)28-13-9-12-24(20-28)30-15-8-7-14-29(30)23-10-5-4-6-11-23/h4-22H,1-3H3. The van der Waals surface area contributed by atoms with Crippen molar-refractivity contribution >= 4 is 56.2 Å². The summed E-state index contributed by atoms with van der Waals surface area (Å²) in [6, 6.07) is 40.0. The lowest BCUT2D eigenvalue weighted by Crippen LogP contribution is -2.13. The van der Waals surface area contributed by atoms with Crippen molar-refractivity contribution in [2.24, 2.45) is 0 Å². The number of hydrogen-bond donors (Lipinski definition) is 0. The Kier molecular flexibility index (Phi) is 7.68. The maximum absolute atomic E-state index is 6.88.